The van der Waals surface area contributed by atoms with Crippen LogP contribution in [0.25, 0.3) is 0 Å². The van der Waals surface area contributed by atoms with Crippen LogP contribution in [0.3, 0.4) is 0 Å². The molecule has 2 rings (SSSR count). The number of methoxy groups -OCH3 is 1. The zero-order valence-corrected chi connectivity index (χ0v) is 12.4. The van der Waals surface area contributed by atoms with E-state index < -0.39 is 15.8 Å². The first kappa shape index (κ1) is 15.1. The van der Waals surface area contributed by atoms with E-state index in [-0.39, 0.29) is 16.3 Å². The van der Waals surface area contributed by atoms with Crippen molar-refractivity contribution >= 4 is 21.4 Å². The molecular weight excluding hydrogens is 295 g/mol. The third kappa shape index (κ3) is 3.08. The highest BCUT2D eigenvalue weighted by Crippen LogP contribution is 2.29. The van der Waals surface area contributed by atoms with E-state index in [1.807, 2.05) is 0 Å². The van der Waals surface area contributed by atoms with Gasteiger partial charge in [0, 0.05) is 11.8 Å². The fraction of sp³-hybridized carbons (Fsp3) is 0.143. The number of sulfonamides is 1. The summed E-state index contributed by atoms with van der Waals surface area (Å²) in [4.78, 5) is -0.109. The topological polar surface area (TPSA) is 81.4 Å². The van der Waals surface area contributed by atoms with E-state index in [1.54, 1.807) is 13.0 Å². The summed E-state index contributed by atoms with van der Waals surface area (Å²) in [6, 6.07) is 8.44. The molecule has 0 radical (unpaired) electrons. The molecule has 112 valence electrons. The molecule has 21 heavy (non-hydrogen) atoms. The molecule has 0 fully saturated rings. The second-order valence-electron chi connectivity index (χ2n) is 4.45. The fourth-order valence-electron chi connectivity index (χ4n) is 1.86. The average molecular weight is 310 g/mol. The first-order valence-corrected chi connectivity index (χ1v) is 7.55. The first-order chi connectivity index (χ1) is 9.85. The molecule has 0 aliphatic carbocycles. The molecule has 0 spiro atoms. The van der Waals surface area contributed by atoms with Crippen molar-refractivity contribution < 1.29 is 17.5 Å². The largest absolute Gasteiger partial charge is 0.495 e. The van der Waals surface area contributed by atoms with Crippen molar-refractivity contribution in [1.82, 2.24) is 0 Å². The van der Waals surface area contributed by atoms with Gasteiger partial charge in [-0.1, -0.05) is 12.1 Å². The second-order valence-corrected chi connectivity index (χ2v) is 6.10. The number of halogens is 1. The third-order valence-corrected chi connectivity index (χ3v) is 4.32. The van der Waals surface area contributed by atoms with E-state index in [2.05, 4.69) is 4.72 Å². The maximum Gasteiger partial charge on any atom is 0.265 e. The van der Waals surface area contributed by atoms with Gasteiger partial charge in [-0.05, 0) is 30.7 Å². The summed E-state index contributed by atoms with van der Waals surface area (Å²) >= 11 is 0. The van der Waals surface area contributed by atoms with E-state index in [1.165, 1.54) is 37.4 Å². The summed E-state index contributed by atoms with van der Waals surface area (Å²) in [5.74, 6) is -0.551. The Morgan fingerprint density at radius 1 is 1.24 bits per heavy atom. The summed E-state index contributed by atoms with van der Waals surface area (Å²) in [5.41, 5.74) is 6.35. The molecule has 0 saturated heterocycles. The van der Waals surface area contributed by atoms with Crippen LogP contribution in [-0.2, 0) is 10.0 Å². The van der Waals surface area contributed by atoms with Crippen molar-refractivity contribution in [3.05, 3.63) is 47.8 Å². The van der Waals surface area contributed by atoms with E-state index >= 15 is 0 Å². The monoisotopic (exact) mass is 310 g/mol. The molecule has 0 heterocycles. The smallest absolute Gasteiger partial charge is 0.265 e. The van der Waals surface area contributed by atoms with Crippen LogP contribution in [-0.4, -0.2) is 15.5 Å². The number of anilines is 2. The predicted molar refractivity (Wildman–Crippen MR) is 79.4 cm³/mol. The third-order valence-electron chi connectivity index (χ3n) is 2.94. The highest BCUT2D eigenvalue weighted by atomic mass is 32.2. The van der Waals surface area contributed by atoms with E-state index in [0.717, 1.165) is 0 Å². The van der Waals surface area contributed by atoms with Gasteiger partial charge in [0.1, 0.15) is 16.5 Å². The van der Waals surface area contributed by atoms with Crippen LogP contribution in [0, 0.1) is 12.7 Å². The van der Waals surface area contributed by atoms with Gasteiger partial charge in [0.15, 0.2) is 0 Å². The van der Waals surface area contributed by atoms with Crippen molar-refractivity contribution in [2.24, 2.45) is 0 Å². The molecule has 0 unspecified atom stereocenters. The van der Waals surface area contributed by atoms with Crippen molar-refractivity contribution in [1.29, 1.82) is 0 Å². The number of nitrogen functional groups attached to an aromatic ring is 1. The van der Waals surface area contributed by atoms with Gasteiger partial charge in [0.05, 0.1) is 12.8 Å². The van der Waals surface area contributed by atoms with Crippen LogP contribution in [0.4, 0.5) is 15.8 Å². The van der Waals surface area contributed by atoms with Crippen molar-refractivity contribution in [3.63, 3.8) is 0 Å². The van der Waals surface area contributed by atoms with Crippen LogP contribution in [0.15, 0.2) is 41.3 Å². The Kier molecular flexibility index (Phi) is 4.04. The molecule has 0 amide bonds. The summed E-state index contributed by atoms with van der Waals surface area (Å²) in [5, 5.41) is 0. The van der Waals surface area contributed by atoms with Gasteiger partial charge in [0.2, 0.25) is 0 Å². The number of nitrogens with two attached hydrogens (primary N) is 1. The molecule has 0 bridgehead atoms. The zero-order valence-electron chi connectivity index (χ0n) is 11.6. The number of nitrogens with one attached hydrogen (secondary N) is 1. The van der Waals surface area contributed by atoms with Gasteiger partial charge in [-0.3, -0.25) is 4.72 Å². The Labute approximate surface area is 122 Å². The second kappa shape index (κ2) is 5.61. The van der Waals surface area contributed by atoms with Crippen LogP contribution >= 0.6 is 0 Å². The quantitative estimate of drug-likeness (QED) is 0.850. The minimum Gasteiger partial charge on any atom is -0.495 e. The number of aryl methyl sites for hydroxylation is 1. The number of rotatable bonds is 4. The molecule has 2 aromatic carbocycles. The Hall–Kier alpha value is -2.28. The maximum absolute atomic E-state index is 13.8. The molecule has 7 heteroatoms. The van der Waals surface area contributed by atoms with E-state index in [0.29, 0.717) is 11.3 Å². The lowest BCUT2D eigenvalue weighted by Gasteiger charge is -2.14. The molecule has 0 aliphatic rings. The molecule has 0 saturated carbocycles. The van der Waals surface area contributed by atoms with Gasteiger partial charge in [-0.15, -0.1) is 0 Å². The number of hydrogen-bond acceptors (Lipinski definition) is 4. The molecule has 0 aromatic heterocycles. The van der Waals surface area contributed by atoms with Crippen molar-refractivity contribution in [2.75, 3.05) is 17.6 Å². The molecule has 0 atom stereocenters. The standard InChI is InChI=1S/C14H15FN2O3S/c1-9-4-3-5-11(15)14(9)17-21(18,19)13-7-6-10(16)8-12(13)20-2/h3-8,17H,16H2,1-2H3. The van der Waals surface area contributed by atoms with Crippen LogP contribution in [0.2, 0.25) is 0 Å². The summed E-state index contributed by atoms with van der Waals surface area (Å²) in [6.07, 6.45) is 0. The first-order valence-electron chi connectivity index (χ1n) is 6.06. The normalized spacial score (nSPS) is 11.2. The summed E-state index contributed by atoms with van der Waals surface area (Å²) < 4.78 is 45.8. The van der Waals surface area contributed by atoms with Gasteiger partial charge < -0.3 is 10.5 Å². The predicted octanol–water partition coefficient (Wildman–Crippen LogP) is 2.53. The number of hydrogen-bond donors (Lipinski definition) is 2. The maximum atomic E-state index is 13.8. The van der Waals surface area contributed by atoms with Crippen molar-refractivity contribution in [2.45, 2.75) is 11.8 Å². The Bertz CT molecular complexity index is 756. The summed E-state index contributed by atoms with van der Waals surface area (Å²) in [6.45, 7) is 1.61. The highest BCUT2D eigenvalue weighted by Gasteiger charge is 2.21. The van der Waals surface area contributed by atoms with E-state index in [9.17, 15) is 12.8 Å². The van der Waals surface area contributed by atoms with Crippen LogP contribution in [0.5, 0.6) is 5.75 Å². The number of ether oxygens (including phenoxy) is 1. The highest BCUT2D eigenvalue weighted by molar-refractivity contribution is 7.92. The lowest BCUT2D eigenvalue weighted by molar-refractivity contribution is 0.403. The number of benzene rings is 2. The summed E-state index contributed by atoms with van der Waals surface area (Å²) in [7, 11) is -2.65. The Balaban J connectivity index is 2.49. The minimum atomic E-state index is -3.99. The van der Waals surface area contributed by atoms with E-state index in [4.69, 9.17) is 10.5 Å². The lowest BCUT2D eigenvalue weighted by atomic mass is 10.2. The van der Waals surface area contributed by atoms with Crippen LogP contribution < -0.4 is 15.2 Å². The lowest BCUT2D eigenvalue weighted by Crippen LogP contribution is -2.16. The molecule has 3 N–H and O–H groups in total. The number of para-hydroxylation sites is 1. The fourth-order valence-corrected chi connectivity index (χ4v) is 3.15. The zero-order chi connectivity index (χ0) is 15.6. The van der Waals surface area contributed by atoms with Gasteiger partial charge >= 0.3 is 0 Å². The van der Waals surface area contributed by atoms with Gasteiger partial charge in [0.25, 0.3) is 10.0 Å². The van der Waals surface area contributed by atoms with Gasteiger partial charge in [-0.2, -0.15) is 0 Å². The van der Waals surface area contributed by atoms with Crippen molar-refractivity contribution in [3.8, 4) is 5.75 Å². The molecule has 2 aromatic rings. The Morgan fingerprint density at radius 3 is 2.57 bits per heavy atom. The van der Waals surface area contributed by atoms with Crippen LogP contribution in [0.1, 0.15) is 5.56 Å². The minimum absolute atomic E-state index is 0.0867. The Morgan fingerprint density at radius 2 is 1.95 bits per heavy atom. The SMILES string of the molecule is COc1cc(N)ccc1S(=O)(=O)Nc1c(C)cccc1F. The van der Waals surface area contributed by atoms with Gasteiger partial charge in [-0.25, -0.2) is 12.8 Å². The molecule has 5 nitrogen and oxygen atoms in total. The molecular formula is C14H15FN2O3S. The average Bonchev–Trinajstić information content (AvgIpc) is 2.42. The molecule has 0 aliphatic heterocycles.